The van der Waals surface area contributed by atoms with E-state index in [-0.39, 0.29) is 0 Å². The maximum Gasteiger partial charge on any atom is 0.338 e. The molecular weight excluding hydrogens is 256 g/mol. The minimum atomic E-state index is -1.97. The lowest BCUT2D eigenvalue weighted by Gasteiger charge is -2.30. The number of rotatable bonds is 14. The summed E-state index contributed by atoms with van der Waals surface area (Å²) in [7, 11) is -1.97. The van der Waals surface area contributed by atoms with Crippen LogP contribution in [-0.4, -0.2) is 41.4 Å². The molecule has 0 aromatic heterocycles. The van der Waals surface area contributed by atoms with E-state index >= 15 is 0 Å². The lowest BCUT2D eigenvalue weighted by Crippen LogP contribution is -2.43. The van der Waals surface area contributed by atoms with Crippen LogP contribution in [-0.2, 0) is 8.85 Å². The fraction of sp³-hybridized carbons (Fsp3) is 1.00. The van der Waals surface area contributed by atoms with E-state index in [1.54, 1.807) is 0 Å². The summed E-state index contributed by atoms with van der Waals surface area (Å²) in [4.78, 5) is 0. The zero-order chi connectivity index (χ0) is 14.4. The zero-order valence-corrected chi connectivity index (χ0v) is 14.2. The first-order valence-electron chi connectivity index (χ1n) is 7.93. The van der Waals surface area contributed by atoms with Gasteiger partial charge in [0, 0.05) is 26.3 Å². The van der Waals surface area contributed by atoms with Crippen molar-refractivity contribution in [2.75, 3.05) is 32.8 Å². The highest BCUT2D eigenvalue weighted by Gasteiger charge is 2.35. The van der Waals surface area contributed by atoms with E-state index in [4.69, 9.17) is 14.6 Å². The third-order valence-corrected chi connectivity index (χ3v) is 6.84. The van der Waals surface area contributed by atoms with Crippen LogP contribution in [0.4, 0.5) is 0 Å². The monoisotopic (exact) mass is 290 g/mol. The quantitative estimate of drug-likeness (QED) is 0.381. The molecule has 0 rings (SSSR count). The van der Waals surface area contributed by atoms with Crippen molar-refractivity contribution in [2.24, 2.45) is 5.73 Å². The number of hydrogen-bond donors (Lipinski definition) is 2. The van der Waals surface area contributed by atoms with Gasteiger partial charge in [0.05, 0.1) is 0 Å². The summed E-state index contributed by atoms with van der Waals surface area (Å²) >= 11 is 0. The summed E-state index contributed by atoms with van der Waals surface area (Å²) in [5.74, 6) is 0. The van der Waals surface area contributed by atoms with Crippen LogP contribution in [0, 0.1) is 0 Å². The molecule has 0 aromatic rings. The summed E-state index contributed by atoms with van der Waals surface area (Å²) in [5, 5.41) is 3.35. The lowest BCUT2D eigenvalue weighted by molar-refractivity contribution is 0.166. The van der Waals surface area contributed by atoms with Crippen LogP contribution in [0.15, 0.2) is 0 Å². The Hall–Kier alpha value is 0.0569. The first-order chi connectivity index (χ1) is 9.24. The van der Waals surface area contributed by atoms with Crippen LogP contribution in [0.5, 0.6) is 0 Å². The van der Waals surface area contributed by atoms with Gasteiger partial charge in [0.25, 0.3) is 0 Å². The standard InChI is InChI=1S/C14H34N2O2Si/c1-4-11-17-19(13-6-3,18-12-5-2)14-7-9-16-10-8-15/h16H,4-15H2,1-3H3. The van der Waals surface area contributed by atoms with Gasteiger partial charge in [-0.1, -0.05) is 27.2 Å². The largest absolute Gasteiger partial charge is 0.394 e. The van der Waals surface area contributed by atoms with Crippen molar-refractivity contribution < 1.29 is 8.85 Å². The predicted octanol–water partition coefficient (Wildman–Crippen LogP) is 2.63. The van der Waals surface area contributed by atoms with Crippen molar-refractivity contribution in [1.29, 1.82) is 0 Å². The second-order valence-electron chi connectivity index (χ2n) is 5.00. The van der Waals surface area contributed by atoms with Crippen molar-refractivity contribution in [3.8, 4) is 0 Å². The Morgan fingerprint density at radius 2 is 1.53 bits per heavy atom. The number of hydrogen-bond acceptors (Lipinski definition) is 4. The van der Waals surface area contributed by atoms with Gasteiger partial charge >= 0.3 is 8.56 Å². The molecule has 116 valence electrons. The smallest absolute Gasteiger partial charge is 0.338 e. The lowest BCUT2D eigenvalue weighted by atomic mass is 10.5. The van der Waals surface area contributed by atoms with E-state index in [9.17, 15) is 0 Å². The average molecular weight is 291 g/mol. The van der Waals surface area contributed by atoms with E-state index in [0.717, 1.165) is 64.1 Å². The van der Waals surface area contributed by atoms with Gasteiger partial charge in [0.1, 0.15) is 0 Å². The van der Waals surface area contributed by atoms with E-state index in [1.807, 2.05) is 0 Å². The normalized spacial score (nSPS) is 12.0. The highest BCUT2D eigenvalue weighted by atomic mass is 28.4. The Labute approximate surface area is 120 Å². The number of nitrogens with one attached hydrogen (secondary N) is 1. The Bertz CT molecular complexity index is 186. The minimum Gasteiger partial charge on any atom is -0.394 e. The molecule has 0 unspecified atom stereocenters. The second kappa shape index (κ2) is 13.1. The second-order valence-corrected chi connectivity index (χ2v) is 8.40. The third kappa shape index (κ3) is 9.57. The first kappa shape index (κ1) is 19.1. The Kier molecular flexibility index (Phi) is 13.1. The van der Waals surface area contributed by atoms with E-state index in [2.05, 4.69) is 26.1 Å². The SMILES string of the molecule is CCCO[Si](CCC)(CCCNCCN)OCCC. The van der Waals surface area contributed by atoms with Crippen molar-refractivity contribution in [3.05, 3.63) is 0 Å². The van der Waals surface area contributed by atoms with E-state index in [1.165, 1.54) is 0 Å². The predicted molar refractivity (Wildman–Crippen MR) is 84.7 cm³/mol. The van der Waals surface area contributed by atoms with Gasteiger partial charge < -0.3 is 19.9 Å². The van der Waals surface area contributed by atoms with Crippen LogP contribution in [0.1, 0.15) is 46.5 Å². The van der Waals surface area contributed by atoms with Crippen LogP contribution in [0.3, 0.4) is 0 Å². The van der Waals surface area contributed by atoms with Gasteiger partial charge in [-0.15, -0.1) is 0 Å². The van der Waals surface area contributed by atoms with Gasteiger partial charge in [-0.25, -0.2) is 0 Å². The maximum atomic E-state index is 6.19. The highest BCUT2D eigenvalue weighted by molar-refractivity contribution is 6.67. The third-order valence-electron chi connectivity index (χ3n) is 3.00. The molecule has 0 saturated heterocycles. The molecule has 4 nitrogen and oxygen atoms in total. The van der Waals surface area contributed by atoms with Crippen molar-refractivity contribution in [3.63, 3.8) is 0 Å². The molecule has 0 aliphatic rings. The van der Waals surface area contributed by atoms with Gasteiger partial charge in [0.15, 0.2) is 0 Å². The van der Waals surface area contributed by atoms with Crippen LogP contribution >= 0.6 is 0 Å². The molecule has 0 amide bonds. The molecule has 0 spiro atoms. The zero-order valence-electron chi connectivity index (χ0n) is 13.2. The van der Waals surface area contributed by atoms with Crippen LogP contribution in [0.2, 0.25) is 12.1 Å². The summed E-state index contributed by atoms with van der Waals surface area (Å²) in [5.41, 5.74) is 5.47. The molecule has 0 heterocycles. The van der Waals surface area contributed by atoms with Crippen molar-refractivity contribution in [2.45, 2.75) is 58.5 Å². The molecule has 0 radical (unpaired) electrons. The van der Waals surface area contributed by atoms with Gasteiger partial charge in [0.2, 0.25) is 0 Å². The molecular formula is C14H34N2O2Si. The molecule has 0 fully saturated rings. The Morgan fingerprint density at radius 1 is 0.895 bits per heavy atom. The fourth-order valence-corrected chi connectivity index (χ4v) is 5.66. The Morgan fingerprint density at radius 3 is 2.00 bits per heavy atom. The van der Waals surface area contributed by atoms with E-state index < -0.39 is 8.56 Å². The van der Waals surface area contributed by atoms with Crippen molar-refractivity contribution >= 4 is 8.56 Å². The minimum absolute atomic E-state index is 0.705. The molecule has 0 bridgehead atoms. The first-order valence-corrected chi connectivity index (χ1v) is 10.2. The average Bonchev–Trinajstić information content (AvgIpc) is 2.43. The highest BCUT2D eigenvalue weighted by Crippen LogP contribution is 2.23. The molecule has 0 aliphatic carbocycles. The molecule has 3 N–H and O–H groups in total. The molecule has 5 heteroatoms. The molecule has 0 atom stereocenters. The van der Waals surface area contributed by atoms with Crippen LogP contribution < -0.4 is 11.1 Å². The topological polar surface area (TPSA) is 56.5 Å². The van der Waals surface area contributed by atoms with Crippen LogP contribution in [0.25, 0.3) is 0 Å². The molecule has 19 heavy (non-hydrogen) atoms. The Balaban J connectivity index is 4.23. The fourth-order valence-electron chi connectivity index (χ4n) is 2.12. The summed E-state index contributed by atoms with van der Waals surface area (Å²) < 4.78 is 12.4. The maximum absolute atomic E-state index is 6.19. The van der Waals surface area contributed by atoms with Crippen molar-refractivity contribution in [1.82, 2.24) is 5.32 Å². The number of nitrogens with two attached hydrogens (primary N) is 1. The molecule has 0 saturated carbocycles. The van der Waals surface area contributed by atoms with Gasteiger partial charge in [-0.3, -0.25) is 0 Å². The summed E-state index contributed by atoms with van der Waals surface area (Å²) in [6.07, 6.45) is 4.41. The molecule has 0 aromatic carbocycles. The summed E-state index contributed by atoms with van der Waals surface area (Å²) in [6, 6.07) is 2.21. The molecule has 0 aliphatic heterocycles. The van der Waals surface area contributed by atoms with Gasteiger partial charge in [-0.05, 0) is 37.9 Å². The van der Waals surface area contributed by atoms with Gasteiger partial charge in [-0.2, -0.15) is 0 Å². The van der Waals surface area contributed by atoms with E-state index in [0.29, 0.717) is 6.54 Å². The summed E-state index contributed by atoms with van der Waals surface area (Å²) in [6.45, 7) is 10.8.